The zero-order valence-corrected chi connectivity index (χ0v) is 16.9. The first-order valence-corrected chi connectivity index (χ1v) is 9.63. The molecule has 0 radical (unpaired) electrons. The largest absolute Gasteiger partial charge is 0.495 e. The lowest BCUT2D eigenvalue weighted by Crippen LogP contribution is -2.07. The number of fused-ring (bicyclic) bond motifs is 1. The molecule has 27 heavy (non-hydrogen) atoms. The number of rotatable bonds is 6. The Bertz CT molecular complexity index is 1020. The molecule has 0 fully saturated rings. The van der Waals surface area contributed by atoms with Crippen LogP contribution in [-0.4, -0.2) is 24.6 Å². The maximum absolute atomic E-state index is 12.2. The molecular formula is C19H16Cl2N2O3S. The SMILES string of the molecule is CCOc1ccc2nc(NC(=O)/C=C/c3cc(Cl)cc(Cl)c3OC)sc2c1. The highest BCUT2D eigenvalue weighted by molar-refractivity contribution is 7.22. The maximum atomic E-state index is 12.2. The molecule has 5 nitrogen and oxygen atoms in total. The van der Waals surface area contributed by atoms with Crippen molar-refractivity contribution in [2.75, 3.05) is 19.0 Å². The van der Waals surface area contributed by atoms with E-state index in [0.29, 0.717) is 33.1 Å². The minimum atomic E-state index is -0.322. The third kappa shape index (κ3) is 4.71. The molecule has 2 aromatic carbocycles. The van der Waals surface area contributed by atoms with Crippen LogP contribution in [0.4, 0.5) is 5.13 Å². The van der Waals surface area contributed by atoms with Gasteiger partial charge >= 0.3 is 0 Å². The zero-order chi connectivity index (χ0) is 19.4. The van der Waals surface area contributed by atoms with Crippen LogP contribution < -0.4 is 14.8 Å². The normalized spacial score (nSPS) is 11.1. The first-order chi connectivity index (χ1) is 13.0. The number of nitrogens with one attached hydrogen (secondary N) is 1. The Morgan fingerprint density at radius 1 is 1.30 bits per heavy atom. The van der Waals surface area contributed by atoms with Crippen molar-refractivity contribution in [3.05, 3.63) is 52.0 Å². The molecule has 1 aromatic heterocycles. The summed E-state index contributed by atoms with van der Waals surface area (Å²) >= 11 is 13.5. The number of hydrogen-bond donors (Lipinski definition) is 1. The van der Waals surface area contributed by atoms with Crippen LogP contribution in [-0.2, 0) is 4.79 Å². The van der Waals surface area contributed by atoms with Crippen molar-refractivity contribution in [3.8, 4) is 11.5 Å². The Balaban J connectivity index is 1.76. The molecule has 140 valence electrons. The van der Waals surface area contributed by atoms with E-state index in [1.165, 1.54) is 24.5 Å². The van der Waals surface area contributed by atoms with Crippen LogP contribution in [0.3, 0.4) is 0 Å². The van der Waals surface area contributed by atoms with Gasteiger partial charge in [0.1, 0.15) is 11.5 Å². The Morgan fingerprint density at radius 2 is 2.11 bits per heavy atom. The summed E-state index contributed by atoms with van der Waals surface area (Å²) in [5.41, 5.74) is 1.40. The highest BCUT2D eigenvalue weighted by atomic mass is 35.5. The lowest BCUT2D eigenvalue weighted by Gasteiger charge is -2.07. The summed E-state index contributed by atoms with van der Waals surface area (Å²) in [4.78, 5) is 16.6. The predicted molar refractivity (Wildman–Crippen MR) is 111 cm³/mol. The molecule has 1 N–H and O–H groups in total. The number of hydrogen-bond acceptors (Lipinski definition) is 5. The third-order valence-electron chi connectivity index (χ3n) is 3.56. The monoisotopic (exact) mass is 422 g/mol. The summed E-state index contributed by atoms with van der Waals surface area (Å²) in [6.45, 7) is 2.52. The molecule has 0 saturated heterocycles. The summed E-state index contributed by atoms with van der Waals surface area (Å²) in [5.74, 6) is 0.905. The minimum Gasteiger partial charge on any atom is -0.495 e. The molecule has 0 unspecified atom stereocenters. The molecule has 1 heterocycles. The highest BCUT2D eigenvalue weighted by Gasteiger charge is 2.10. The average Bonchev–Trinajstić information content (AvgIpc) is 3.01. The fraction of sp³-hybridized carbons (Fsp3) is 0.158. The Kier molecular flexibility index (Phi) is 6.21. The Hall–Kier alpha value is -2.28. The second kappa shape index (κ2) is 8.61. The molecule has 0 saturated carbocycles. The molecule has 0 atom stereocenters. The quantitative estimate of drug-likeness (QED) is 0.520. The fourth-order valence-corrected chi connectivity index (χ4v) is 3.93. The summed E-state index contributed by atoms with van der Waals surface area (Å²) < 4.78 is 11.7. The van der Waals surface area contributed by atoms with E-state index in [4.69, 9.17) is 32.7 Å². The molecule has 0 aliphatic carbocycles. The minimum absolute atomic E-state index is 0.322. The lowest BCUT2D eigenvalue weighted by atomic mass is 10.2. The molecular weight excluding hydrogens is 407 g/mol. The molecule has 0 aliphatic rings. The van der Waals surface area contributed by atoms with Crippen molar-refractivity contribution in [1.82, 2.24) is 4.98 Å². The smallest absolute Gasteiger partial charge is 0.250 e. The van der Waals surface area contributed by atoms with Gasteiger partial charge in [0.15, 0.2) is 5.13 Å². The first kappa shape index (κ1) is 19.5. The van der Waals surface area contributed by atoms with Crippen molar-refractivity contribution in [1.29, 1.82) is 0 Å². The van der Waals surface area contributed by atoms with E-state index in [-0.39, 0.29) is 5.91 Å². The van der Waals surface area contributed by atoms with Crippen LogP contribution in [0, 0.1) is 0 Å². The zero-order valence-electron chi connectivity index (χ0n) is 14.6. The van der Waals surface area contributed by atoms with Crippen LogP contribution >= 0.6 is 34.5 Å². The van der Waals surface area contributed by atoms with Crippen molar-refractivity contribution in [2.45, 2.75) is 6.92 Å². The van der Waals surface area contributed by atoms with Gasteiger partial charge in [-0.2, -0.15) is 0 Å². The number of halogens is 2. The fourth-order valence-electron chi connectivity index (χ4n) is 2.45. The molecule has 8 heteroatoms. The predicted octanol–water partition coefficient (Wildman–Crippen LogP) is 5.66. The van der Waals surface area contributed by atoms with Crippen molar-refractivity contribution >= 4 is 61.9 Å². The van der Waals surface area contributed by atoms with Gasteiger partial charge in [-0.25, -0.2) is 4.98 Å². The van der Waals surface area contributed by atoms with Crippen LogP contribution in [0.5, 0.6) is 11.5 Å². The number of benzene rings is 2. The van der Waals surface area contributed by atoms with Crippen molar-refractivity contribution in [2.24, 2.45) is 0 Å². The standard InChI is InChI=1S/C19H16Cl2N2O3S/c1-3-26-13-5-6-15-16(10-13)27-19(22-15)23-17(24)7-4-11-8-12(20)9-14(21)18(11)25-2/h4-10H,3H2,1-2H3,(H,22,23,24)/b7-4+. The summed E-state index contributed by atoms with van der Waals surface area (Å²) in [6.07, 6.45) is 2.97. The van der Waals surface area contributed by atoms with E-state index in [2.05, 4.69) is 10.3 Å². The third-order valence-corrected chi connectivity index (χ3v) is 4.99. The van der Waals surface area contributed by atoms with Gasteiger partial charge in [0.2, 0.25) is 5.91 Å². The molecule has 0 bridgehead atoms. The molecule has 3 aromatic rings. The van der Waals surface area contributed by atoms with E-state index in [9.17, 15) is 4.79 Å². The summed E-state index contributed by atoms with van der Waals surface area (Å²) in [5, 5.41) is 4.09. The number of anilines is 1. The van der Waals surface area contributed by atoms with Crippen molar-refractivity contribution < 1.29 is 14.3 Å². The number of aromatic nitrogens is 1. The number of carbonyl (C=O) groups is 1. The number of nitrogens with zero attached hydrogens (tertiary/aromatic N) is 1. The second-order valence-corrected chi connectivity index (χ2v) is 7.29. The Labute approximate surface area is 170 Å². The molecule has 0 spiro atoms. The van der Waals surface area contributed by atoms with Crippen LogP contribution in [0.15, 0.2) is 36.4 Å². The van der Waals surface area contributed by atoms with E-state index >= 15 is 0 Å². The maximum Gasteiger partial charge on any atom is 0.250 e. The summed E-state index contributed by atoms with van der Waals surface area (Å²) in [7, 11) is 1.50. The Morgan fingerprint density at radius 3 is 2.85 bits per heavy atom. The number of carbonyl (C=O) groups excluding carboxylic acids is 1. The first-order valence-electron chi connectivity index (χ1n) is 8.05. The van der Waals surface area contributed by atoms with Crippen molar-refractivity contribution in [3.63, 3.8) is 0 Å². The van der Waals surface area contributed by atoms with E-state index in [1.807, 2.05) is 25.1 Å². The van der Waals surface area contributed by atoms with E-state index < -0.39 is 0 Å². The topological polar surface area (TPSA) is 60.5 Å². The van der Waals surface area contributed by atoms with Gasteiger partial charge in [0.25, 0.3) is 0 Å². The second-order valence-electron chi connectivity index (χ2n) is 5.41. The average molecular weight is 423 g/mol. The van der Waals surface area contributed by atoms with Gasteiger partial charge in [-0.3, -0.25) is 10.1 Å². The molecule has 3 rings (SSSR count). The molecule has 0 aliphatic heterocycles. The van der Waals surface area contributed by atoms with E-state index in [0.717, 1.165) is 16.0 Å². The lowest BCUT2D eigenvalue weighted by molar-refractivity contribution is -0.111. The van der Waals surface area contributed by atoms with Gasteiger partial charge in [-0.05, 0) is 43.3 Å². The number of ether oxygens (including phenoxy) is 2. The number of amides is 1. The highest BCUT2D eigenvalue weighted by Crippen LogP contribution is 2.33. The molecule has 1 amide bonds. The van der Waals surface area contributed by atoms with Gasteiger partial charge in [-0.1, -0.05) is 34.5 Å². The van der Waals surface area contributed by atoms with Gasteiger partial charge in [0.05, 0.1) is 29.0 Å². The number of methoxy groups -OCH3 is 1. The van der Waals surface area contributed by atoms with Crippen LogP contribution in [0.25, 0.3) is 16.3 Å². The summed E-state index contributed by atoms with van der Waals surface area (Å²) in [6, 6.07) is 8.87. The van der Waals surface area contributed by atoms with Crippen LogP contribution in [0.2, 0.25) is 10.0 Å². The van der Waals surface area contributed by atoms with Crippen LogP contribution in [0.1, 0.15) is 12.5 Å². The van der Waals surface area contributed by atoms with Gasteiger partial charge in [-0.15, -0.1) is 0 Å². The van der Waals surface area contributed by atoms with Gasteiger partial charge in [0, 0.05) is 16.7 Å². The van der Waals surface area contributed by atoms with E-state index in [1.54, 1.807) is 18.2 Å². The number of thiazole rings is 1. The van der Waals surface area contributed by atoms with Gasteiger partial charge < -0.3 is 9.47 Å².